The van der Waals surface area contributed by atoms with Crippen LogP contribution in [0.3, 0.4) is 0 Å². The van der Waals surface area contributed by atoms with E-state index in [-0.39, 0.29) is 0 Å². The normalized spacial score (nSPS) is 20.2. The third-order valence-corrected chi connectivity index (χ3v) is 6.21. The molecule has 26 heavy (non-hydrogen) atoms. The van der Waals surface area contributed by atoms with Crippen molar-refractivity contribution >= 4 is 0 Å². The van der Waals surface area contributed by atoms with Gasteiger partial charge in [-0.15, -0.1) is 0 Å². The summed E-state index contributed by atoms with van der Waals surface area (Å²) < 4.78 is 0. The highest BCUT2D eigenvalue weighted by molar-refractivity contribution is 5.62. The first-order valence-corrected chi connectivity index (χ1v) is 10.9. The summed E-state index contributed by atoms with van der Waals surface area (Å²) in [6.07, 6.45) is 15.7. The molecule has 2 aromatic rings. The van der Waals surface area contributed by atoms with E-state index in [9.17, 15) is 0 Å². The van der Waals surface area contributed by atoms with Gasteiger partial charge in [-0.1, -0.05) is 76.3 Å². The molecule has 0 spiro atoms. The summed E-state index contributed by atoms with van der Waals surface area (Å²) in [5, 5.41) is 0. The van der Waals surface area contributed by atoms with Gasteiger partial charge in [0.05, 0.1) is 0 Å². The highest BCUT2D eigenvalue weighted by Gasteiger charge is 2.22. The van der Waals surface area contributed by atoms with Gasteiger partial charge >= 0.3 is 0 Å². The minimum absolute atomic E-state index is 0.679. The second kappa shape index (κ2) is 9.90. The van der Waals surface area contributed by atoms with Gasteiger partial charge in [0.2, 0.25) is 0 Å². The highest BCUT2D eigenvalue weighted by atomic mass is 14.7. The molecule has 3 rings (SSSR count). The van der Waals surface area contributed by atoms with Gasteiger partial charge in [-0.2, -0.15) is 0 Å². The Balaban J connectivity index is 1.51. The summed E-state index contributed by atoms with van der Waals surface area (Å²) in [5.74, 6) is 1.65. The van der Waals surface area contributed by atoms with E-state index in [0.29, 0.717) is 5.92 Å². The molecule has 1 aliphatic carbocycles. The van der Waals surface area contributed by atoms with Gasteiger partial charge in [-0.05, 0) is 55.2 Å². The fourth-order valence-electron chi connectivity index (χ4n) is 4.36. The molecule has 0 amide bonds. The van der Waals surface area contributed by atoms with Crippen molar-refractivity contribution in [1.82, 2.24) is 4.98 Å². The molecule has 1 nitrogen and oxygen atoms in total. The van der Waals surface area contributed by atoms with Gasteiger partial charge in [0.15, 0.2) is 0 Å². The number of hydrogen-bond donors (Lipinski definition) is 0. The van der Waals surface area contributed by atoms with Crippen LogP contribution in [0.25, 0.3) is 11.1 Å². The second-order valence-corrected chi connectivity index (χ2v) is 8.09. The lowest BCUT2D eigenvalue weighted by Crippen LogP contribution is -2.14. The summed E-state index contributed by atoms with van der Waals surface area (Å²) in [7, 11) is 0. The highest BCUT2D eigenvalue weighted by Crippen LogP contribution is 2.37. The van der Waals surface area contributed by atoms with Crippen LogP contribution in [0.1, 0.15) is 88.8 Å². The Hall–Kier alpha value is -1.63. The van der Waals surface area contributed by atoms with Crippen molar-refractivity contribution in [3.8, 4) is 11.1 Å². The van der Waals surface area contributed by atoms with Crippen LogP contribution in [-0.4, -0.2) is 4.98 Å². The molecule has 0 aliphatic heterocycles. The lowest BCUT2D eigenvalue weighted by Gasteiger charge is -2.28. The lowest BCUT2D eigenvalue weighted by atomic mass is 9.78. The molecule has 1 fully saturated rings. The number of nitrogens with zero attached hydrogens (tertiary/aromatic N) is 1. The number of unbranched alkanes of at least 4 members (excludes halogenated alkanes) is 3. The van der Waals surface area contributed by atoms with Crippen LogP contribution in [0.5, 0.6) is 0 Å². The van der Waals surface area contributed by atoms with Gasteiger partial charge in [0.1, 0.15) is 0 Å². The molecule has 1 aliphatic rings. The SMILES string of the molecule is CCCCCC[C@H]1CC[C@H](c2ccc(-c3ccc(CC)cc3)cn2)CC1. The Morgan fingerprint density at radius 3 is 2.15 bits per heavy atom. The van der Waals surface area contributed by atoms with Crippen molar-refractivity contribution in [2.45, 2.75) is 84.0 Å². The molecule has 1 heteroatoms. The molecule has 1 heterocycles. The van der Waals surface area contributed by atoms with Crippen molar-refractivity contribution in [2.24, 2.45) is 5.92 Å². The molecular formula is C25H35N. The molecule has 140 valence electrons. The summed E-state index contributed by atoms with van der Waals surface area (Å²) in [4.78, 5) is 4.83. The van der Waals surface area contributed by atoms with E-state index in [0.717, 1.165) is 12.3 Å². The van der Waals surface area contributed by atoms with Crippen LogP contribution in [-0.2, 0) is 6.42 Å². The number of hydrogen-bond acceptors (Lipinski definition) is 1. The Labute approximate surface area is 160 Å². The Morgan fingerprint density at radius 1 is 0.808 bits per heavy atom. The van der Waals surface area contributed by atoms with E-state index >= 15 is 0 Å². The van der Waals surface area contributed by atoms with Crippen LogP contribution in [0.15, 0.2) is 42.6 Å². The number of aromatic nitrogens is 1. The zero-order valence-corrected chi connectivity index (χ0v) is 16.7. The average Bonchev–Trinajstić information content (AvgIpc) is 2.72. The minimum Gasteiger partial charge on any atom is -0.260 e. The molecular weight excluding hydrogens is 314 g/mol. The third-order valence-electron chi connectivity index (χ3n) is 6.21. The van der Waals surface area contributed by atoms with Gasteiger partial charge in [0, 0.05) is 23.4 Å². The van der Waals surface area contributed by atoms with Gasteiger partial charge in [-0.3, -0.25) is 4.98 Å². The van der Waals surface area contributed by atoms with Crippen LogP contribution < -0.4 is 0 Å². The van der Waals surface area contributed by atoms with E-state index in [2.05, 4.69) is 56.4 Å². The summed E-state index contributed by atoms with van der Waals surface area (Å²) in [6, 6.07) is 13.4. The number of rotatable bonds is 8. The summed E-state index contributed by atoms with van der Waals surface area (Å²) in [6.45, 7) is 4.50. The quantitative estimate of drug-likeness (QED) is 0.448. The number of aryl methyl sites for hydroxylation is 1. The van der Waals surface area contributed by atoms with Crippen molar-refractivity contribution in [3.63, 3.8) is 0 Å². The monoisotopic (exact) mass is 349 g/mol. The van der Waals surface area contributed by atoms with Crippen molar-refractivity contribution in [2.75, 3.05) is 0 Å². The minimum atomic E-state index is 0.679. The van der Waals surface area contributed by atoms with Crippen molar-refractivity contribution in [3.05, 3.63) is 53.9 Å². The first kappa shape index (κ1) is 19.1. The molecule has 0 bridgehead atoms. The van der Waals surface area contributed by atoms with Crippen LogP contribution in [0.2, 0.25) is 0 Å². The Bertz CT molecular complexity index is 633. The zero-order chi connectivity index (χ0) is 18.2. The molecule has 0 unspecified atom stereocenters. The predicted molar refractivity (Wildman–Crippen MR) is 113 cm³/mol. The maximum atomic E-state index is 4.83. The maximum Gasteiger partial charge on any atom is 0.0434 e. The molecule has 0 radical (unpaired) electrons. The van der Waals surface area contributed by atoms with E-state index in [1.807, 2.05) is 0 Å². The molecule has 0 N–H and O–H groups in total. The first-order chi connectivity index (χ1) is 12.8. The summed E-state index contributed by atoms with van der Waals surface area (Å²) >= 11 is 0. The first-order valence-electron chi connectivity index (χ1n) is 10.9. The van der Waals surface area contributed by atoms with Crippen molar-refractivity contribution in [1.29, 1.82) is 0 Å². The smallest absolute Gasteiger partial charge is 0.0434 e. The Morgan fingerprint density at radius 2 is 1.54 bits per heavy atom. The maximum absolute atomic E-state index is 4.83. The molecule has 0 saturated heterocycles. The van der Waals surface area contributed by atoms with E-state index in [4.69, 9.17) is 4.98 Å². The van der Waals surface area contributed by atoms with Crippen molar-refractivity contribution < 1.29 is 0 Å². The van der Waals surface area contributed by atoms with E-state index in [1.54, 1.807) is 0 Å². The fourth-order valence-corrected chi connectivity index (χ4v) is 4.36. The summed E-state index contributed by atoms with van der Waals surface area (Å²) in [5.41, 5.74) is 5.21. The second-order valence-electron chi connectivity index (χ2n) is 8.09. The molecule has 0 atom stereocenters. The van der Waals surface area contributed by atoms with Gasteiger partial charge in [0.25, 0.3) is 0 Å². The van der Waals surface area contributed by atoms with E-state index < -0.39 is 0 Å². The van der Waals surface area contributed by atoms with Crippen LogP contribution in [0, 0.1) is 5.92 Å². The zero-order valence-electron chi connectivity index (χ0n) is 16.7. The Kier molecular flexibility index (Phi) is 7.29. The number of benzene rings is 1. The largest absolute Gasteiger partial charge is 0.260 e. The standard InChI is InChI=1S/C25H35N/c1-3-5-6-7-8-21-11-15-23(16-12-21)25-18-17-24(19-26-25)22-13-9-20(4-2)10-14-22/h9-10,13-14,17-19,21,23H,3-8,11-12,15-16H2,1-2H3/t21-,23-. The predicted octanol–water partition coefficient (Wildman–Crippen LogP) is 7.56. The lowest BCUT2D eigenvalue weighted by molar-refractivity contribution is 0.299. The topological polar surface area (TPSA) is 12.9 Å². The van der Waals surface area contributed by atoms with Gasteiger partial charge < -0.3 is 0 Å². The molecule has 1 aromatic carbocycles. The fraction of sp³-hybridized carbons (Fsp3) is 0.560. The van der Waals surface area contributed by atoms with Gasteiger partial charge in [-0.25, -0.2) is 0 Å². The average molecular weight is 350 g/mol. The van der Waals surface area contributed by atoms with Crippen LogP contribution in [0.4, 0.5) is 0 Å². The van der Waals surface area contributed by atoms with Crippen LogP contribution >= 0.6 is 0 Å². The van der Waals surface area contributed by atoms with E-state index in [1.165, 1.54) is 80.2 Å². The third kappa shape index (κ3) is 5.19. The number of pyridine rings is 1. The molecule has 1 saturated carbocycles. The molecule has 1 aromatic heterocycles.